The molecule has 0 spiro atoms. The highest BCUT2D eigenvalue weighted by Gasteiger charge is 2.17. The summed E-state index contributed by atoms with van der Waals surface area (Å²) in [6.07, 6.45) is 0. The Morgan fingerprint density at radius 2 is 2.15 bits per heavy atom. The summed E-state index contributed by atoms with van der Waals surface area (Å²) in [6, 6.07) is 5.99. The first kappa shape index (κ1) is 16.6. The fourth-order valence-electron chi connectivity index (χ4n) is 1.60. The largest absolute Gasteiger partial charge is 0.395 e. The Balaban J connectivity index is 2.84. The molecule has 0 saturated heterocycles. The first-order valence-corrected chi connectivity index (χ1v) is 7.91. The molecule has 6 nitrogen and oxygen atoms in total. The average molecular weight is 299 g/mol. The zero-order chi connectivity index (χ0) is 15.3. The van der Waals surface area contributed by atoms with Crippen LogP contribution in [-0.2, 0) is 9.84 Å². The van der Waals surface area contributed by atoms with Crippen molar-refractivity contribution in [3.05, 3.63) is 29.8 Å². The van der Waals surface area contributed by atoms with Gasteiger partial charge >= 0.3 is 0 Å². The lowest BCUT2D eigenvalue weighted by atomic mass is 10.2. The van der Waals surface area contributed by atoms with E-state index >= 15 is 0 Å². The smallest absolute Gasteiger partial charge is 0.179 e. The highest BCUT2D eigenvalue weighted by molar-refractivity contribution is 7.91. The molecule has 1 atom stereocenters. The molecule has 7 heteroatoms. The molecule has 1 rings (SSSR count). The zero-order valence-electron chi connectivity index (χ0n) is 11.7. The number of sulfone groups is 1. The van der Waals surface area contributed by atoms with Gasteiger partial charge in [0.15, 0.2) is 9.84 Å². The van der Waals surface area contributed by atoms with Gasteiger partial charge in [0.25, 0.3) is 0 Å². The van der Waals surface area contributed by atoms with Gasteiger partial charge < -0.3 is 15.7 Å². The SMILES string of the molecule is CC(CO)N(C)CCS(=O)(=O)c1cccc(C(=N)N)c1. The minimum absolute atomic E-state index is 0.0175. The van der Waals surface area contributed by atoms with E-state index in [0.717, 1.165) is 0 Å². The molecule has 0 amide bonds. The summed E-state index contributed by atoms with van der Waals surface area (Å²) in [7, 11) is -1.66. The minimum atomic E-state index is -3.43. The number of aliphatic hydroxyl groups is 1. The highest BCUT2D eigenvalue weighted by Crippen LogP contribution is 2.13. The van der Waals surface area contributed by atoms with Crippen molar-refractivity contribution < 1.29 is 13.5 Å². The molecule has 0 aliphatic rings. The maximum Gasteiger partial charge on any atom is 0.179 e. The van der Waals surface area contributed by atoms with Crippen LogP contribution in [-0.4, -0.2) is 56.3 Å². The zero-order valence-corrected chi connectivity index (χ0v) is 12.5. The summed E-state index contributed by atoms with van der Waals surface area (Å²) >= 11 is 0. The van der Waals surface area contributed by atoms with Gasteiger partial charge in [0, 0.05) is 18.2 Å². The van der Waals surface area contributed by atoms with E-state index in [1.807, 2.05) is 6.92 Å². The third kappa shape index (κ3) is 4.29. The van der Waals surface area contributed by atoms with Crippen molar-refractivity contribution in [3.63, 3.8) is 0 Å². The van der Waals surface area contributed by atoms with Gasteiger partial charge in [-0.05, 0) is 26.1 Å². The molecule has 0 radical (unpaired) electrons. The second-order valence-corrected chi connectivity index (χ2v) is 6.88. The Morgan fingerprint density at radius 3 is 2.70 bits per heavy atom. The van der Waals surface area contributed by atoms with E-state index in [1.165, 1.54) is 12.1 Å². The number of nitrogens with one attached hydrogen (secondary N) is 1. The standard InChI is InChI=1S/C13H21N3O3S/c1-10(9-17)16(2)6-7-20(18,19)12-5-3-4-11(8-12)13(14)15/h3-5,8,10,17H,6-7,9H2,1-2H3,(H3,14,15). The van der Waals surface area contributed by atoms with Crippen molar-refractivity contribution in [3.8, 4) is 0 Å². The molecule has 20 heavy (non-hydrogen) atoms. The second kappa shape index (κ2) is 6.83. The molecular formula is C13H21N3O3S. The van der Waals surface area contributed by atoms with E-state index in [2.05, 4.69) is 0 Å². The van der Waals surface area contributed by atoms with Crippen molar-refractivity contribution in [2.75, 3.05) is 26.0 Å². The normalized spacial score (nSPS) is 13.4. The predicted octanol–water partition coefficient (Wildman–Crippen LogP) is 0.0570. The summed E-state index contributed by atoms with van der Waals surface area (Å²) < 4.78 is 24.4. The van der Waals surface area contributed by atoms with E-state index in [1.54, 1.807) is 24.1 Å². The van der Waals surface area contributed by atoms with Crippen LogP contribution in [0.5, 0.6) is 0 Å². The Labute approximate surface area is 119 Å². The van der Waals surface area contributed by atoms with Crippen LogP contribution in [0.25, 0.3) is 0 Å². The second-order valence-electron chi connectivity index (χ2n) is 4.77. The summed E-state index contributed by atoms with van der Waals surface area (Å²) in [5.74, 6) is -0.206. The molecule has 0 saturated carbocycles. The van der Waals surface area contributed by atoms with Gasteiger partial charge in [0.2, 0.25) is 0 Å². The molecule has 0 fully saturated rings. The van der Waals surface area contributed by atoms with E-state index in [-0.39, 0.29) is 29.1 Å². The molecule has 1 aromatic carbocycles. The van der Waals surface area contributed by atoms with E-state index in [9.17, 15) is 8.42 Å². The van der Waals surface area contributed by atoms with Gasteiger partial charge in [-0.15, -0.1) is 0 Å². The lowest BCUT2D eigenvalue weighted by Gasteiger charge is -2.22. The van der Waals surface area contributed by atoms with E-state index in [0.29, 0.717) is 12.1 Å². The maximum atomic E-state index is 12.2. The Kier molecular flexibility index (Phi) is 5.67. The van der Waals surface area contributed by atoms with Crippen molar-refractivity contribution in [1.82, 2.24) is 4.90 Å². The summed E-state index contributed by atoms with van der Waals surface area (Å²) in [5.41, 5.74) is 5.75. The number of nitrogens with two attached hydrogens (primary N) is 1. The highest BCUT2D eigenvalue weighted by atomic mass is 32.2. The van der Waals surface area contributed by atoms with Gasteiger partial charge in [-0.2, -0.15) is 0 Å². The molecule has 1 unspecified atom stereocenters. The Hall–Kier alpha value is -1.44. The van der Waals surface area contributed by atoms with Crippen LogP contribution in [0.3, 0.4) is 0 Å². The van der Waals surface area contributed by atoms with Gasteiger partial charge in [-0.3, -0.25) is 5.41 Å². The topological polar surface area (TPSA) is 107 Å². The number of hydrogen-bond acceptors (Lipinski definition) is 5. The van der Waals surface area contributed by atoms with Crippen LogP contribution in [0.2, 0.25) is 0 Å². The van der Waals surface area contributed by atoms with Crippen LogP contribution >= 0.6 is 0 Å². The van der Waals surface area contributed by atoms with Crippen molar-refractivity contribution >= 4 is 15.7 Å². The van der Waals surface area contributed by atoms with Crippen LogP contribution in [0.15, 0.2) is 29.2 Å². The average Bonchev–Trinajstić information content (AvgIpc) is 2.44. The molecule has 1 aromatic rings. The van der Waals surface area contributed by atoms with Crippen molar-refractivity contribution in [2.45, 2.75) is 17.9 Å². The summed E-state index contributed by atoms with van der Waals surface area (Å²) in [5, 5.41) is 16.4. The summed E-state index contributed by atoms with van der Waals surface area (Å²) in [6.45, 7) is 2.13. The Morgan fingerprint density at radius 1 is 1.50 bits per heavy atom. The predicted molar refractivity (Wildman–Crippen MR) is 78.7 cm³/mol. The van der Waals surface area contributed by atoms with Crippen LogP contribution in [0, 0.1) is 5.41 Å². The van der Waals surface area contributed by atoms with Gasteiger partial charge in [0.05, 0.1) is 17.3 Å². The monoisotopic (exact) mass is 299 g/mol. The number of aliphatic hydroxyl groups excluding tert-OH is 1. The number of likely N-dealkylation sites (N-methyl/N-ethyl adjacent to an activating group) is 1. The van der Waals surface area contributed by atoms with Crippen molar-refractivity contribution in [1.29, 1.82) is 5.41 Å². The minimum Gasteiger partial charge on any atom is -0.395 e. The number of rotatable bonds is 7. The molecular weight excluding hydrogens is 278 g/mol. The summed E-state index contributed by atoms with van der Waals surface area (Å²) in [4.78, 5) is 1.95. The number of nitrogens with zero attached hydrogens (tertiary/aromatic N) is 1. The lowest BCUT2D eigenvalue weighted by molar-refractivity contribution is 0.165. The fraction of sp³-hybridized carbons (Fsp3) is 0.462. The number of amidine groups is 1. The molecule has 0 bridgehead atoms. The molecule has 0 aliphatic carbocycles. The molecule has 112 valence electrons. The first-order chi connectivity index (χ1) is 9.27. The first-order valence-electron chi connectivity index (χ1n) is 6.26. The molecule has 4 N–H and O–H groups in total. The molecule has 0 aromatic heterocycles. The van der Waals surface area contributed by atoms with E-state index in [4.69, 9.17) is 16.2 Å². The van der Waals surface area contributed by atoms with E-state index < -0.39 is 9.84 Å². The number of hydrogen-bond donors (Lipinski definition) is 3. The lowest BCUT2D eigenvalue weighted by Crippen LogP contribution is -2.35. The van der Waals surface area contributed by atoms with Crippen molar-refractivity contribution in [2.24, 2.45) is 5.73 Å². The molecule has 0 aliphatic heterocycles. The van der Waals surface area contributed by atoms with Crippen LogP contribution < -0.4 is 5.73 Å². The molecule has 0 heterocycles. The number of nitrogen functional groups attached to an aromatic ring is 1. The van der Waals surface area contributed by atoms with Gasteiger partial charge in [-0.1, -0.05) is 12.1 Å². The van der Waals surface area contributed by atoms with Gasteiger partial charge in [-0.25, -0.2) is 8.42 Å². The quantitative estimate of drug-likeness (QED) is 0.487. The Bertz CT molecular complexity index is 572. The number of benzene rings is 1. The maximum absolute atomic E-state index is 12.2. The fourth-order valence-corrected chi connectivity index (χ4v) is 2.96. The van der Waals surface area contributed by atoms with Crippen LogP contribution in [0.4, 0.5) is 0 Å². The third-order valence-electron chi connectivity index (χ3n) is 3.23. The van der Waals surface area contributed by atoms with Gasteiger partial charge in [0.1, 0.15) is 5.84 Å². The van der Waals surface area contributed by atoms with Crippen LogP contribution in [0.1, 0.15) is 12.5 Å². The third-order valence-corrected chi connectivity index (χ3v) is 4.93.